The third-order valence-corrected chi connectivity index (χ3v) is 6.23. The SMILES string of the molecule is C[C@H](Nc1ncc(C#N)c(-c2cnc3c(F)cccn23)n1)c1ccc(C2CCNCC2)cc1. The van der Waals surface area contributed by atoms with E-state index >= 15 is 0 Å². The molecule has 5 rings (SSSR count). The van der Waals surface area contributed by atoms with Gasteiger partial charge in [0.15, 0.2) is 11.5 Å². The average molecular weight is 442 g/mol. The molecule has 0 radical (unpaired) electrons. The van der Waals surface area contributed by atoms with Gasteiger partial charge in [-0.1, -0.05) is 24.3 Å². The van der Waals surface area contributed by atoms with Crippen molar-refractivity contribution in [3.05, 3.63) is 77.5 Å². The van der Waals surface area contributed by atoms with Gasteiger partial charge in [-0.15, -0.1) is 0 Å². The van der Waals surface area contributed by atoms with Crippen LogP contribution in [0.2, 0.25) is 0 Å². The van der Waals surface area contributed by atoms with Crippen LogP contribution in [0, 0.1) is 17.1 Å². The third kappa shape index (κ3) is 4.15. The lowest BCUT2D eigenvalue weighted by molar-refractivity contribution is 0.460. The topological polar surface area (TPSA) is 90.9 Å². The number of aromatic nitrogens is 4. The van der Waals surface area contributed by atoms with Crippen molar-refractivity contribution in [3.63, 3.8) is 0 Å². The van der Waals surface area contributed by atoms with Crippen molar-refractivity contribution >= 4 is 11.6 Å². The van der Waals surface area contributed by atoms with Crippen LogP contribution in [0.25, 0.3) is 17.0 Å². The smallest absolute Gasteiger partial charge is 0.223 e. The fraction of sp³-hybridized carbons (Fsp3) is 0.280. The number of anilines is 1. The molecule has 0 spiro atoms. The summed E-state index contributed by atoms with van der Waals surface area (Å²) < 4.78 is 15.7. The molecule has 3 aromatic heterocycles. The van der Waals surface area contributed by atoms with Gasteiger partial charge in [0.25, 0.3) is 0 Å². The van der Waals surface area contributed by atoms with Gasteiger partial charge in [0.05, 0.1) is 29.7 Å². The van der Waals surface area contributed by atoms with Crippen LogP contribution in [0.4, 0.5) is 10.3 Å². The van der Waals surface area contributed by atoms with Crippen molar-refractivity contribution < 1.29 is 4.39 Å². The highest BCUT2D eigenvalue weighted by molar-refractivity contribution is 5.67. The number of pyridine rings is 1. The van der Waals surface area contributed by atoms with E-state index in [1.807, 2.05) is 6.92 Å². The lowest BCUT2D eigenvalue weighted by Gasteiger charge is -2.23. The second-order valence-corrected chi connectivity index (χ2v) is 8.32. The number of hydrogen-bond donors (Lipinski definition) is 2. The summed E-state index contributed by atoms with van der Waals surface area (Å²) in [4.78, 5) is 13.1. The number of rotatable bonds is 5. The van der Waals surface area contributed by atoms with Gasteiger partial charge < -0.3 is 10.6 Å². The Balaban J connectivity index is 1.40. The Labute approximate surface area is 191 Å². The number of hydrogen-bond acceptors (Lipinski definition) is 6. The molecule has 0 saturated carbocycles. The summed E-state index contributed by atoms with van der Waals surface area (Å²) in [5, 5.41) is 16.3. The van der Waals surface area contributed by atoms with Gasteiger partial charge in [-0.2, -0.15) is 5.26 Å². The van der Waals surface area contributed by atoms with E-state index in [-0.39, 0.29) is 11.7 Å². The van der Waals surface area contributed by atoms with Crippen LogP contribution in [0.3, 0.4) is 0 Å². The van der Waals surface area contributed by atoms with Gasteiger partial charge >= 0.3 is 0 Å². The van der Waals surface area contributed by atoms with Crippen molar-refractivity contribution in [2.75, 3.05) is 18.4 Å². The zero-order chi connectivity index (χ0) is 22.8. The summed E-state index contributed by atoms with van der Waals surface area (Å²) in [6, 6.07) is 13.7. The molecule has 1 aromatic carbocycles. The zero-order valence-corrected chi connectivity index (χ0v) is 18.3. The van der Waals surface area contributed by atoms with Gasteiger partial charge in [-0.05, 0) is 62.0 Å². The lowest BCUT2D eigenvalue weighted by Crippen LogP contribution is -2.26. The molecule has 0 amide bonds. The van der Waals surface area contributed by atoms with Crippen molar-refractivity contribution in [2.24, 2.45) is 0 Å². The molecule has 2 N–H and O–H groups in total. The highest BCUT2D eigenvalue weighted by Crippen LogP contribution is 2.28. The molecule has 1 fully saturated rings. The molecule has 0 unspecified atom stereocenters. The molecule has 4 aromatic rings. The summed E-state index contributed by atoms with van der Waals surface area (Å²) >= 11 is 0. The van der Waals surface area contributed by atoms with E-state index in [1.165, 1.54) is 36.9 Å². The first-order valence-corrected chi connectivity index (χ1v) is 11.1. The Morgan fingerprint density at radius 1 is 1.15 bits per heavy atom. The monoisotopic (exact) mass is 441 g/mol. The first-order valence-electron chi connectivity index (χ1n) is 11.1. The van der Waals surface area contributed by atoms with Crippen molar-refractivity contribution in [3.8, 4) is 17.5 Å². The number of piperidine rings is 1. The summed E-state index contributed by atoms with van der Waals surface area (Å²) in [5.74, 6) is 0.574. The fourth-order valence-electron chi connectivity index (χ4n) is 4.37. The molecule has 7 nitrogen and oxygen atoms in total. The summed E-state index contributed by atoms with van der Waals surface area (Å²) in [7, 11) is 0. The Hall–Kier alpha value is -3.83. The predicted octanol–water partition coefficient (Wildman–Crippen LogP) is 4.44. The van der Waals surface area contributed by atoms with E-state index in [0.717, 1.165) is 18.7 Å². The maximum atomic E-state index is 14.1. The molecule has 8 heteroatoms. The normalized spacial score (nSPS) is 15.3. The Bertz CT molecular complexity index is 1320. The third-order valence-electron chi connectivity index (χ3n) is 6.23. The van der Waals surface area contributed by atoms with Crippen molar-refractivity contribution in [1.29, 1.82) is 5.26 Å². The molecule has 0 aliphatic carbocycles. The standard InChI is InChI=1S/C25H24FN7/c1-16(17-4-6-18(7-5-17)19-8-10-28-11-9-19)31-25-30-14-20(13-27)23(32-25)22-15-29-24-21(26)3-2-12-33(22)24/h2-7,12,14-16,19,28H,8-11H2,1H3,(H,30,31,32)/t16-/m0/s1. The predicted molar refractivity (Wildman–Crippen MR) is 124 cm³/mol. The van der Waals surface area contributed by atoms with Crippen LogP contribution in [0.1, 0.15) is 48.4 Å². The van der Waals surface area contributed by atoms with Crippen molar-refractivity contribution in [2.45, 2.75) is 31.7 Å². The maximum absolute atomic E-state index is 14.1. The number of halogens is 1. The van der Waals surface area contributed by atoms with E-state index in [2.05, 4.69) is 55.9 Å². The van der Waals surface area contributed by atoms with Gasteiger partial charge in [0.1, 0.15) is 11.8 Å². The number of nitrogens with one attached hydrogen (secondary N) is 2. The Kier molecular flexibility index (Phi) is 5.71. The zero-order valence-electron chi connectivity index (χ0n) is 18.3. The van der Waals surface area contributed by atoms with E-state index in [9.17, 15) is 9.65 Å². The average Bonchev–Trinajstić information content (AvgIpc) is 3.30. The number of fused-ring (bicyclic) bond motifs is 1. The molecular formula is C25H24FN7. The molecule has 1 aliphatic rings. The van der Waals surface area contributed by atoms with E-state index in [4.69, 9.17) is 0 Å². The first kappa shape index (κ1) is 21.0. The molecule has 1 aliphatic heterocycles. The Morgan fingerprint density at radius 3 is 2.70 bits per heavy atom. The Morgan fingerprint density at radius 2 is 1.94 bits per heavy atom. The van der Waals surface area contributed by atoms with Crippen molar-refractivity contribution in [1.82, 2.24) is 24.7 Å². The van der Waals surface area contributed by atoms with E-state index in [0.29, 0.717) is 28.8 Å². The van der Waals surface area contributed by atoms with Gasteiger partial charge in [-0.25, -0.2) is 19.3 Å². The van der Waals surface area contributed by atoms with Gasteiger partial charge in [0.2, 0.25) is 5.95 Å². The van der Waals surface area contributed by atoms with Gasteiger partial charge in [-0.3, -0.25) is 4.40 Å². The summed E-state index contributed by atoms with van der Waals surface area (Å²) in [6.45, 7) is 4.19. The minimum Gasteiger partial charge on any atom is -0.348 e. The fourth-order valence-corrected chi connectivity index (χ4v) is 4.37. The van der Waals surface area contributed by atoms with Crippen LogP contribution in [-0.2, 0) is 0 Å². The van der Waals surface area contributed by atoms with Gasteiger partial charge in [0, 0.05) is 6.20 Å². The molecule has 1 atom stereocenters. The number of nitrogens with zero attached hydrogens (tertiary/aromatic N) is 5. The highest BCUT2D eigenvalue weighted by atomic mass is 19.1. The minimum atomic E-state index is -0.434. The quantitative estimate of drug-likeness (QED) is 0.476. The van der Waals surface area contributed by atoms with Crippen LogP contribution in [-0.4, -0.2) is 32.4 Å². The second-order valence-electron chi connectivity index (χ2n) is 8.32. The first-order chi connectivity index (χ1) is 16.1. The highest BCUT2D eigenvalue weighted by Gasteiger charge is 2.18. The van der Waals surface area contributed by atoms with Crippen LogP contribution >= 0.6 is 0 Å². The molecule has 4 heterocycles. The minimum absolute atomic E-state index is 0.0347. The molecule has 0 bridgehead atoms. The maximum Gasteiger partial charge on any atom is 0.223 e. The molecule has 166 valence electrons. The molecular weight excluding hydrogens is 417 g/mol. The summed E-state index contributed by atoms with van der Waals surface area (Å²) in [5.41, 5.74) is 3.92. The summed E-state index contributed by atoms with van der Waals surface area (Å²) in [6.07, 6.45) is 7.04. The number of nitriles is 1. The molecule has 1 saturated heterocycles. The number of benzene rings is 1. The van der Waals surface area contributed by atoms with E-state index < -0.39 is 5.82 Å². The lowest BCUT2D eigenvalue weighted by atomic mass is 9.89. The number of imidazole rings is 1. The largest absolute Gasteiger partial charge is 0.348 e. The second kappa shape index (κ2) is 8.96. The van der Waals surface area contributed by atoms with Crippen LogP contribution < -0.4 is 10.6 Å². The van der Waals surface area contributed by atoms with Crippen LogP contribution in [0.15, 0.2) is 55.0 Å². The molecule has 33 heavy (non-hydrogen) atoms. The van der Waals surface area contributed by atoms with E-state index in [1.54, 1.807) is 16.7 Å². The van der Waals surface area contributed by atoms with Crippen LogP contribution in [0.5, 0.6) is 0 Å².